The Morgan fingerprint density at radius 2 is 1.35 bits per heavy atom. The quantitative estimate of drug-likeness (QED) is 0.512. The van der Waals surface area contributed by atoms with Crippen LogP contribution in [0.2, 0.25) is 0 Å². The topological polar surface area (TPSA) is 78.5 Å². The van der Waals surface area contributed by atoms with E-state index >= 15 is 0 Å². The van der Waals surface area contributed by atoms with Crippen LogP contribution in [0.5, 0.6) is 0 Å². The van der Waals surface area contributed by atoms with Crippen molar-refractivity contribution in [1.82, 2.24) is 4.90 Å². The molecule has 2 N–H and O–H groups in total. The van der Waals surface area contributed by atoms with Crippen LogP contribution in [0.4, 0.5) is 20.2 Å². The van der Waals surface area contributed by atoms with Crippen molar-refractivity contribution < 1.29 is 22.0 Å². The van der Waals surface area contributed by atoms with Gasteiger partial charge in [0.1, 0.15) is 11.6 Å². The second-order valence-electron chi connectivity index (χ2n) is 8.30. The fraction of sp³-hybridized carbons (Fsp3) is 0.240. The molecule has 1 aliphatic rings. The molecule has 0 unspecified atom stereocenters. The van der Waals surface area contributed by atoms with E-state index in [9.17, 15) is 22.0 Å². The number of nitrogens with zero attached hydrogens (tertiary/aromatic N) is 1. The Hall–Kier alpha value is -3.30. The van der Waals surface area contributed by atoms with E-state index in [1.54, 1.807) is 24.3 Å². The number of benzene rings is 3. The zero-order chi connectivity index (χ0) is 24.1. The first-order chi connectivity index (χ1) is 16.3. The minimum Gasteiger partial charge on any atom is -0.326 e. The first-order valence-corrected chi connectivity index (χ1v) is 12.4. The number of likely N-dealkylation sites (tertiary alicyclic amines) is 1. The van der Waals surface area contributed by atoms with Gasteiger partial charge in [0.2, 0.25) is 5.91 Å². The highest BCUT2D eigenvalue weighted by Gasteiger charge is 2.25. The minimum absolute atomic E-state index is 0.0314. The van der Waals surface area contributed by atoms with Gasteiger partial charge in [-0.15, -0.1) is 0 Å². The van der Waals surface area contributed by atoms with Crippen LogP contribution in [0.3, 0.4) is 0 Å². The standard InChI is InChI=1S/C25H25F2N3O3S/c26-20-3-1-18(2-4-20)17-30-15-13-19(14-16-30)25(31)28-22-9-11-24(12-10-22)34(32,33)29-23-7-5-21(27)6-8-23/h1-12,19,29H,13-17H2,(H,28,31). The molecule has 6 nitrogen and oxygen atoms in total. The summed E-state index contributed by atoms with van der Waals surface area (Å²) in [6.45, 7) is 2.25. The van der Waals surface area contributed by atoms with Gasteiger partial charge in [-0.2, -0.15) is 0 Å². The second-order valence-corrected chi connectivity index (χ2v) is 9.99. The average molecular weight is 486 g/mol. The molecule has 0 saturated carbocycles. The van der Waals surface area contributed by atoms with Crippen LogP contribution >= 0.6 is 0 Å². The Bertz CT molecular complexity index is 1220. The number of carbonyl (C=O) groups is 1. The maximum absolute atomic E-state index is 13.1. The van der Waals surface area contributed by atoms with Crippen LogP contribution in [-0.2, 0) is 21.4 Å². The van der Waals surface area contributed by atoms with Gasteiger partial charge in [-0.25, -0.2) is 17.2 Å². The van der Waals surface area contributed by atoms with Gasteiger partial charge in [0.05, 0.1) is 4.90 Å². The summed E-state index contributed by atoms with van der Waals surface area (Å²) in [7, 11) is -3.84. The van der Waals surface area contributed by atoms with Crippen LogP contribution in [0.15, 0.2) is 77.7 Å². The molecule has 178 valence electrons. The average Bonchev–Trinajstić information content (AvgIpc) is 2.83. The van der Waals surface area contributed by atoms with Crippen molar-refractivity contribution in [2.45, 2.75) is 24.3 Å². The van der Waals surface area contributed by atoms with Crippen LogP contribution in [0.1, 0.15) is 18.4 Å². The van der Waals surface area contributed by atoms with E-state index in [1.807, 2.05) is 0 Å². The maximum atomic E-state index is 13.1. The van der Waals surface area contributed by atoms with Crippen LogP contribution in [-0.4, -0.2) is 32.3 Å². The highest BCUT2D eigenvalue weighted by Crippen LogP contribution is 2.23. The van der Waals surface area contributed by atoms with Crippen LogP contribution in [0, 0.1) is 17.6 Å². The van der Waals surface area contributed by atoms with Gasteiger partial charge >= 0.3 is 0 Å². The molecule has 1 saturated heterocycles. The predicted octanol–water partition coefficient (Wildman–Crippen LogP) is 4.62. The van der Waals surface area contributed by atoms with Crippen molar-refractivity contribution in [3.05, 3.63) is 90.0 Å². The monoisotopic (exact) mass is 485 g/mol. The lowest BCUT2D eigenvalue weighted by Gasteiger charge is -2.31. The molecule has 1 amide bonds. The first kappa shape index (κ1) is 23.8. The number of rotatable bonds is 7. The Morgan fingerprint density at radius 1 is 0.824 bits per heavy atom. The summed E-state index contributed by atoms with van der Waals surface area (Å²) < 4.78 is 53.5. The van der Waals surface area contributed by atoms with Gasteiger partial charge in [-0.05, 0) is 92.2 Å². The van der Waals surface area contributed by atoms with E-state index < -0.39 is 15.8 Å². The molecule has 34 heavy (non-hydrogen) atoms. The summed E-state index contributed by atoms with van der Waals surface area (Å²) in [5.74, 6) is -0.940. The van der Waals surface area contributed by atoms with Crippen molar-refractivity contribution in [2.24, 2.45) is 5.92 Å². The van der Waals surface area contributed by atoms with Crippen molar-refractivity contribution >= 4 is 27.3 Å². The largest absolute Gasteiger partial charge is 0.326 e. The molecule has 0 aromatic heterocycles. The van der Waals surface area contributed by atoms with Gasteiger partial charge in [0.15, 0.2) is 0 Å². The SMILES string of the molecule is O=C(Nc1ccc(S(=O)(=O)Nc2ccc(F)cc2)cc1)C1CCN(Cc2ccc(F)cc2)CC1. The second kappa shape index (κ2) is 10.3. The Labute approximate surface area is 197 Å². The molecule has 0 radical (unpaired) electrons. The Kier molecular flexibility index (Phi) is 7.23. The molecule has 9 heteroatoms. The summed E-state index contributed by atoms with van der Waals surface area (Å²) in [6.07, 6.45) is 1.42. The van der Waals surface area contributed by atoms with Crippen molar-refractivity contribution in [3.63, 3.8) is 0 Å². The Balaban J connectivity index is 1.29. The normalized spacial score (nSPS) is 15.1. The number of halogens is 2. The highest BCUT2D eigenvalue weighted by atomic mass is 32.2. The third kappa shape index (κ3) is 6.18. The molecule has 3 aromatic rings. The highest BCUT2D eigenvalue weighted by molar-refractivity contribution is 7.92. The number of piperidine rings is 1. The third-order valence-corrected chi connectivity index (χ3v) is 7.20. The molecular weight excluding hydrogens is 460 g/mol. The number of amides is 1. The summed E-state index contributed by atoms with van der Waals surface area (Å²) in [5.41, 5.74) is 1.80. The lowest BCUT2D eigenvalue weighted by molar-refractivity contribution is -0.121. The molecule has 1 heterocycles. The number of hydrogen-bond donors (Lipinski definition) is 2. The van der Waals surface area contributed by atoms with E-state index in [2.05, 4.69) is 14.9 Å². The summed E-state index contributed by atoms with van der Waals surface area (Å²) in [5, 5.41) is 2.86. The van der Waals surface area contributed by atoms with Crippen molar-refractivity contribution in [2.75, 3.05) is 23.1 Å². The van der Waals surface area contributed by atoms with Gasteiger partial charge in [0, 0.05) is 23.8 Å². The van der Waals surface area contributed by atoms with Gasteiger partial charge in [-0.3, -0.25) is 14.4 Å². The fourth-order valence-electron chi connectivity index (χ4n) is 3.90. The van der Waals surface area contributed by atoms with E-state index in [1.165, 1.54) is 48.5 Å². The molecular formula is C25H25F2N3O3S. The Morgan fingerprint density at radius 3 is 1.94 bits per heavy atom. The molecule has 0 aliphatic carbocycles. The zero-order valence-corrected chi connectivity index (χ0v) is 19.2. The predicted molar refractivity (Wildman–Crippen MR) is 127 cm³/mol. The molecule has 0 spiro atoms. The third-order valence-electron chi connectivity index (χ3n) is 5.81. The van der Waals surface area contributed by atoms with E-state index in [4.69, 9.17) is 0 Å². The smallest absolute Gasteiger partial charge is 0.261 e. The number of anilines is 2. The van der Waals surface area contributed by atoms with E-state index in [-0.39, 0.29) is 28.2 Å². The minimum atomic E-state index is -3.84. The number of nitrogens with one attached hydrogen (secondary N) is 2. The summed E-state index contributed by atoms with van der Waals surface area (Å²) >= 11 is 0. The van der Waals surface area contributed by atoms with E-state index in [0.29, 0.717) is 18.5 Å². The van der Waals surface area contributed by atoms with Gasteiger partial charge in [-0.1, -0.05) is 12.1 Å². The van der Waals surface area contributed by atoms with Crippen molar-refractivity contribution in [1.29, 1.82) is 0 Å². The number of hydrogen-bond acceptors (Lipinski definition) is 4. The molecule has 3 aromatic carbocycles. The number of carbonyl (C=O) groups excluding carboxylic acids is 1. The number of sulfonamides is 1. The van der Waals surface area contributed by atoms with Crippen LogP contribution in [0.25, 0.3) is 0 Å². The summed E-state index contributed by atoms with van der Waals surface area (Å²) in [6, 6.07) is 17.4. The molecule has 0 bridgehead atoms. The van der Waals surface area contributed by atoms with Gasteiger partial charge in [0.25, 0.3) is 10.0 Å². The molecule has 1 aliphatic heterocycles. The fourth-order valence-corrected chi connectivity index (χ4v) is 4.95. The maximum Gasteiger partial charge on any atom is 0.261 e. The molecule has 0 atom stereocenters. The van der Waals surface area contributed by atoms with Crippen molar-refractivity contribution in [3.8, 4) is 0 Å². The molecule has 1 fully saturated rings. The lowest BCUT2D eigenvalue weighted by atomic mass is 9.95. The van der Waals surface area contributed by atoms with E-state index in [0.717, 1.165) is 25.2 Å². The van der Waals surface area contributed by atoms with Crippen LogP contribution < -0.4 is 10.0 Å². The summed E-state index contributed by atoms with van der Waals surface area (Å²) in [4.78, 5) is 15.0. The molecule has 4 rings (SSSR count). The lowest BCUT2D eigenvalue weighted by Crippen LogP contribution is -2.37. The zero-order valence-electron chi connectivity index (χ0n) is 18.4. The first-order valence-electron chi connectivity index (χ1n) is 10.9. The van der Waals surface area contributed by atoms with Gasteiger partial charge < -0.3 is 5.32 Å².